The van der Waals surface area contributed by atoms with E-state index in [4.69, 9.17) is 30.5 Å². The zero-order valence-electron chi connectivity index (χ0n) is 15.9. The van der Waals surface area contributed by atoms with Crippen molar-refractivity contribution in [1.82, 2.24) is 4.98 Å². The molecule has 162 valence electrons. The van der Waals surface area contributed by atoms with Crippen molar-refractivity contribution in [3.8, 4) is 17.4 Å². The normalized spacial score (nSPS) is 11.2. The first-order chi connectivity index (χ1) is 14.2. The van der Waals surface area contributed by atoms with E-state index in [2.05, 4.69) is 4.98 Å². The van der Waals surface area contributed by atoms with Crippen molar-refractivity contribution in [3.05, 3.63) is 47.1 Å². The fraction of sp³-hybridized carbons (Fsp3) is 0.316. The van der Waals surface area contributed by atoms with Crippen LogP contribution in [0.25, 0.3) is 0 Å². The van der Waals surface area contributed by atoms with Gasteiger partial charge in [-0.05, 0) is 44.2 Å². The molecule has 0 amide bonds. The smallest absolute Gasteiger partial charge is 0.417 e. The van der Waals surface area contributed by atoms with Gasteiger partial charge in [-0.3, -0.25) is 0 Å². The van der Waals surface area contributed by atoms with Crippen molar-refractivity contribution in [3.63, 3.8) is 0 Å². The lowest BCUT2D eigenvalue weighted by Gasteiger charge is -2.16. The molecule has 30 heavy (non-hydrogen) atoms. The van der Waals surface area contributed by atoms with Crippen LogP contribution in [0.3, 0.4) is 0 Å². The van der Waals surface area contributed by atoms with Crippen LogP contribution >= 0.6 is 11.6 Å². The first kappa shape index (κ1) is 23.3. The quantitative estimate of drug-likeness (QED) is 0.437. The lowest BCUT2D eigenvalue weighted by atomic mass is 10.3. The largest absolute Gasteiger partial charge is 0.467 e. The monoisotopic (exact) mass is 447 g/mol. The Hall–Kier alpha value is -3.01. The molecule has 0 aliphatic rings. The highest BCUT2D eigenvalue weighted by Gasteiger charge is 2.33. The lowest BCUT2D eigenvalue weighted by Crippen LogP contribution is -2.38. The van der Waals surface area contributed by atoms with Crippen molar-refractivity contribution in [2.75, 3.05) is 13.2 Å². The molecule has 1 aromatic heterocycles. The maximum Gasteiger partial charge on any atom is 0.417 e. The first-order valence-corrected chi connectivity index (χ1v) is 9.04. The minimum absolute atomic E-state index is 0.0474. The number of nitrogens with zero attached hydrogens (tertiary/aromatic N) is 1. The van der Waals surface area contributed by atoms with Crippen molar-refractivity contribution in [2.24, 2.45) is 0 Å². The number of alkyl halides is 3. The Balaban J connectivity index is 2.12. The van der Waals surface area contributed by atoms with Crippen molar-refractivity contribution in [1.29, 1.82) is 0 Å². The molecule has 0 bridgehead atoms. The topological polar surface area (TPSA) is 84.0 Å². The molecule has 0 atom stereocenters. The molecule has 0 saturated carbocycles. The third kappa shape index (κ3) is 6.24. The maximum absolute atomic E-state index is 12.7. The average molecular weight is 448 g/mol. The van der Waals surface area contributed by atoms with Gasteiger partial charge in [0, 0.05) is 6.20 Å². The number of aromatic nitrogens is 1. The molecule has 11 heteroatoms. The summed E-state index contributed by atoms with van der Waals surface area (Å²) in [6.45, 7) is 3.25. The highest BCUT2D eigenvalue weighted by atomic mass is 35.5. The van der Waals surface area contributed by atoms with Crippen LogP contribution in [0.1, 0.15) is 19.4 Å². The van der Waals surface area contributed by atoms with Gasteiger partial charge in [0.25, 0.3) is 6.10 Å². The number of benzene rings is 1. The Morgan fingerprint density at radius 1 is 1.03 bits per heavy atom. The molecular formula is C19H17ClF3NO6. The fourth-order valence-corrected chi connectivity index (χ4v) is 2.32. The highest BCUT2D eigenvalue weighted by Crippen LogP contribution is 2.34. The van der Waals surface area contributed by atoms with Crippen molar-refractivity contribution < 1.29 is 41.7 Å². The Bertz CT molecular complexity index is 871. The highest BCUT2D eigenvalue weighted by molar-refractivity contribution is 6.31. The molecule has 7 nitrogen and oxygen atoms in total. The van der Waals surface area contributed by atoms with E-state index in [1.807, 2.05) is 0 Å². The molecule has 0 radical (unpaired) electrons. The summed E-state index contributed by atoms with van der Waals surface area (Å²) in [7, 11) is 0. The predicted octanol–water partition coefficient (Wildman–Crippen LogP) is 4.42. The van der Waals surface area contributed by atoms with Gasteiger partial charge in [-0.1, -0.05) is 11.6 Å². The van der Waals surface area contributed by atoms with Gasteiger partial charge in [0.05, 0.1) is 18.8 Å². The molecule has 0 aliphatic heterocycles. The number of carbonyl (C=O) groups excluding carboxylic acids is 2. The van der Waals surface area contributed by atoms with Crippen LogP contribution in [0.4, 0.5) is 13.2 Å². The Kier molecular flexibility index (Phi) is 7.87. The van der Waals surface area contributed by atoms with Gasteiger partial charge in [-0.25, -0.2) is 14.6 Å². The van der Waals surface area contributed by atoms with Gasteiger partial charge < -0.3 is 18.9 Å². The summed E-state index contributed by atoms with van der Waals surface area (Å²) in [5, 5.41) is -0.324. The standard InChI is InChI=1S/C19H17ClF3NO6/c1-3-27-17(25)15(18(26)28-4-2)29-12-5-7-13(8-6-12)30-16-14(20)9-11(10-24-16)19(21,22)23/h5-10,15H,3-4H2,1-2H3. The fourth-order valence-electron chi connectivity index (χ4n) is 2.12. The Labute approximate surface area is 174 Å². The SMILES string of the molecule is CCOC(=O)C(Oc1ccc(Oc2ncc(C(F)(F)F)cc2Cl)cc1)C(=O)OCC. The molecule has 1 aromatic carbocycles. The molecule has 0 fully saturated rings. The molecule has 1 heterocycles. The van der Waals surface area contributed by atoms with E-state index in [9.17, 15) is 22.8 Å². The molecule has 0 saturated heterocycles. The van der Waals surface area contributed by atoms with Gasteiger partial charge in [-0.2, -0.15) is 13.2 Å². The third-order valence-electron chi connectivity index (χ3n) is 3.43. The number of pyridine rings is 1. The summed E-state index contributed by atoms with van der Waals surface area (Å²) in [6, 6.07) is 6.22. The molecule has 2 rings (SSSR count). The summed E-state index contributed by atoms with van der Waals surface area (Å²) in [6.07, 6.45) is -5.59. The van der Waals surface area contributed by atoms with E-state index < -0.39 is 29.8 Å². The van der Waals surface area contributed by atoms with E-state index in [-0.39, 0.29) is 35.6 Å². The van der Waals surface area contributed by atoms with Crippen LogP contribution in [0.5, 0.6) is 17.4 Å². The number of esters is 2. The number of hydrogen-bond donors (Lipinski definition) is 0. The van der Waals surface area contributed by atoms with E-state index in [0.717, 1.165) is 0 Å². The van der Waals surface area contributed by atoms with Crippen molar-refractivity contribution >= 4 is 23.5 Å². The Morgan fingerprint density at radius 3 is 2.03 bits per heavy atom. The molecule has 0 aliphatic carbocycles. The number of halogens is 4. The summed E-state index contributed by atoms with van der Waals surface area (Å²) < 4.78 is 58.3. The average Bonchev–Trinajstić information content (AvgIpc) is 2.68. The summed E-state index contributed by atoms with van der Waals surface area (Å²) in [5.74, 6) is -1.73. The van der Waals surface area contributed by atoms with Gasteiger partial charge >= 0.3 is 18.1 Å². The third-order valence-corrected chi connectivity index (χ3v) is 3.70. The van der Waals surface area contributed by atoms with Crippen LogP contribution in [0.2, 0.25) is 5.02 Å². The van der Waals surface area contributed by atoms with E-state index >= 15 is 0 Å². The van der Waals surface area contributed by atoms with Crippen molar-refractivity contribution in [2.45, 2.75) is 26.1 Å². The minimum atomic E-state index is -4.58. The maximum atomic E-state index is 12.7. The van der Waals surface area contributed by atoms with Crippen LogP contribution in [0.15, 0.2) is 36.5 Å². The molecule has 2 aromatic rings. The van der Waals surface area contributed by atoms with Crippen LogP contribution in [0, 0.1) is 0 Å². The van der Waals surface area contributed by atoms with Crippen LogP contribution < -0.4 is 9.47 Å². The van der Waals surface area contributed by atoms with E-state index in [0.29, 0.717) is 12.3 Å². The van der Waals surface area contributed by atoms with Crippen LogP contribution in [-0.4, -0.2) is 36.2 Å². The zero-order valence-corrected chi connectivity index (χ0v) is 16.6. The zero-order chi connectivity index (χ0) is 22.3. The van der Waals surface area contributed by atoms with Gasteiger partial charge in [-0.15, -0.1) is 0 Å². The molecule has 0 N–H and O–H groups in total. The van der Waals surface area contributed by atoms with E-state index in [1.54, 1.807) is 13.8 Å². The summed E-state index contributed by atoms with van der Waals surface area (Å²) in [4.78, 5) is 27.4. The summed E-state index contributed by atoms with van der Waals surface area (Å²) >= 11 is 5.80. The number of hydrogen-bond acceptors (Lipinski definition) is 7. The first-order valence-electron chi connectivity index (χ1n) is 8.66. The second-order valence-electron chi connectivity index (χ2n) is 5.58. The number of carbonyl (C=O) groups is 2. The number of ether oxygens (including phenoxy) is 4. The number of rotatable bonds is 8. The second kappa shape index (κ2) is 10.1. The molecular weight excluding hydrogens is 431 g/mol. The van der Waals surface area contributed by atoms with Gasteiger partial charge in [0.2, 0.25) is 5.88 Å². The Morgan fingerprint density at radius 2 is 1.57 bits per heavy atom. The summed E-state index contributed by atoms with van der Waals surface area (Å²) in [5.41, 5.74) is -1.01. The molecule has 0 unspecified atom stereocenters. The van der Waals surface area contributed by atoms with E-state index in [1.165, 1.54) is 24.3 Å². The van der Waals surface area contributed by atoms with Gasteiger partial charge in [0.15, 0.2) is 0 Å². The minimum Gasteiger partial charge on any atom is -0.467 e. The second-order valence-corrected chi connectivity index (χ2v) is 5.99. The lowest BCUT2D eigenvalue weighted by molar-refractivity contribution is -0.166. The molecule has 0 spiro atoms. The van der Waals surface area contributed by atoms with Gasteiger partial charge in [0.1, 0.15) is 16.5 Å². The van der Waals surface area contributed by atoms with Crippen LogP contribution in [-0.2, 0) is 25.2 Å². The predicted molar refractivity (Wildman–Crippen MR) is 98.4 cm³/mol.